The van der Waals surface area contributed by atoms with E-state index < -0.39 is 0 Å². The maximum absolute atomic E-state index is 9.57. The minimum atomic E-state index is 0.590. The van der Waals surface area contributed by atoms with Crippen LogP contribution in [-0.2, 0) is 0 Å². The molecule has 2 N–H and O–H groups in total. The zero-order chi connectivity index (χ0) is 32.2. The second-order valence-corrected chi connectivity index (χ2v) is 11.2. The fourth-order valence-electron chi connectivity index (χ4n) is 6.15. The van der Waals surface area contributed by atoms with Gasteiger partial charge in [0, 0.05) is 30.3 Å². The topological polar surface area (TPSA) is 110 Å². The molecule has 1 saturated carbocycles. The number of hydrogen-bond donors (Lipinski definition) is 2. The van der Waals surface area contributed by atoms with Crippen LogP contribution < -0.4 is 15.3 Å². The van der Waals surface area contributed by atoms with Gasteiger partial charge in [-0.25, -0.2) is 0 Å². The lowest BCUT2D eigenvalue weighted by Gasteiger charge is -2.15. The summed E-state index contributed by atoms with van der Waals surface area (Å²) < 4.78 is 4.44. The predicted octanol–water partition coefficient (Wildman–Crippen LogP) is 6.21. The van der Waals surface area contributed by atoms with E-state index in [1.165, 1.54) is 0 Å². The van der Waals surface area contributed by atoms with E-state index in [2.05, 4.69) is 57.8 Å². The molecule has 7 rings (SSSR count). The smallest absolute Gasteiger partial charge is 0.300 e. The SMILES string of the molecule is N#Cc1ccc(C(C2=CC=[N+]=C2)=C2C(=C(\C3=CCNC=C3)c3ccc(C#N)cc3)/C2=C(\C2=CCNC=C2)c2ccc(C#N)cc2)cc1. The van der Waals surface area contributed by atoms with Crippen LogP contribution in [0.25, 0.3) is 16.7 Å². The summed E-state index contributed by atoms with van der Waals surface area (Å²) in [6.07, 6.45) is 18.2. The fourth-order valence-corrected chi connectivity index (χ4v) is 6.15. The highest BCUT2D eigenvalue weighted by molar-refractivity contribution is 6.18. The number of hydrogen-bond acceptors (Lipinski definition) is 5. The van der Waals surface area contributed by atoms with E-state index in [9.17, 15) is 15.8 Å². The van der Waals surface area contributed by atoms with Crippen molar-refractivity contribution in [1.82, 2.24) is 15.3 Å². The molecule has 0 radical (unpaired) electrons. The van der Waals surface area contributed by atoms with Crippen molar-refractivity contribution < 1.29 is 0 Å². The van der Waals surface area contributed by atoms with Crippen molar-refractivity contribution >= 4 is 29.1 Å². The molecule has 0 amide bonds. The van der Waals surface area contributed by atoms with Crippen molar-refractivity contribution in [3.05, 3.63) is 182 Å². The molecule has 220 valence electrons. The van der Waals surface area contributed by atoms with Crippen molar-refractivity contribution in [2.24, 2.45) is 0 Å². The third-order valence-corrected chi connectivity index (χ3v) is 8.41. The summed E-state index contributed by atoms with van der Waals surface area (Å²) >= 11 is 0. The molecule has 47 heavy (non-hydrogen) atoms. The number of nitriles is 3. The van der Waals surface area contributed by atoms with Gasteiger partial charge in [0.15, 0.2) is 0 Å². The summed E-state index contributed by atoms with van der Waals surface area (Å²) in [4.78, 5) is 0. The zero-order valence-electron chi connectivity index (χ0n) is 25.3. The fraction of sp³-hybridized carbons (Fsp3) is 0.0488. The van der Waals surface area contributed by atoms with E-state index in [1.807, 2.05) is 97.5 Å². The number of allylic oxidation sites excluding steroid dienone is 12. The van der Waals surface area contributed by atoms with Crippen molar-refractivity contribution in [3.63, 3.8) is 0 Å². The van der Waals surface area contributed by atoms with Crippen molar-refractivity contribution in [3.8, 4) is 18.2 Å². The average molecular weight is 604 g/mol. The molecule has 0 atom stereocenters. The molecule has 0 saturated heterocycles. The first-order valence-corrected chi connectivity index (χ1v) is 15.2. The average Bonchev–Trinajstić information content (AvgIpc) is 3.54. The van der Waals surface area contributed by atoms with Crippen LogP contribution in [0.15, 0.2) is 149 Å². The van der Waals surface area contributed by atoms with Gasteiger partial charge in [-0.15, -0.1) is 4.67 Å². The van der Waals surface area contributed by atoms with Gasteiger partial charge in [-0.1, -0.05) is 48.6 Å². The van der Waals surface area contributed by atoms with Gasteiger partial charge in [-0.2, -0.15) is 15.8 Å². The second-order valence-electron chi connectivity index (χ2n) is 11.2. The Balaban J connectivity index is 1.63. The van der Waals surface area contributed by atoms with E-state index >= 15 is 0 Å². The monoisotopic (exact) mass is 603 g/mol. The highest BCUT2D eigenvalue weighted by Crippen LogP contribution is 2.59. The number of nitrogens with one attached hydrogen (secondary N) is 2. The van der Waals surface area contributed by atoms with Crippen molar-refractivity contribution in [1.29, 1.82) is 15.8 Å². The summed E-state index contributed by atoms with van der Waals surface area (Å²) in [5, 5.41) is 35.3. The van der Waals surface area contributed by atoms with Gasteiger partial charge in [0.2, 0.25) is 0 Å². The standard InChI is InChI=1S/C41H27N6/c42-23-27-1-7-30(8-2-27)36(33-13-18-45-19-14-33)39-40(37(34-15-20-46-21-16-34)31-9-3-28(24-43)4-10-31)41(39)38(35-17-22-47-26-35)32-11-5-29(25-44)6-12-32/h1-18,20,22,26,45-46H,19,21H2/q+1/b39-36-,40-37+,41-38?. The minimum absolute atomic E-state index is 0.590. The van der Waals surface area contributed by atoms with E-state index in [0.717, 1.165) is 66.8 Å². The Morgan fingerprint density at radius 1 is 0.532 bits per heavy atom. The van der Waals surface area contributed by atoms with E-state index in [4.69, 9.17) is 0 Å². The first kappa shape index (κ1) is 28.8. The lowest BCUT2D eigenvalue weighted by atomic mass is 9.92. The highest BCUT2D eigenvalue weighted by Gasteiger charge is 2.42. The zero-order valence-corrected chi connectivity index (χ0v) is 25.3. The molecule has 1 fully saturated rings. The van der Waals surface area contributed by atoms with Gasteiger partial charge in [-0.05, 0) is 111 Å². The van der Waals surface area contributed by atoms with Crippen LogP contribution in [0.5, 0.6) is 0 Å². The van der Waals surface area contributed by atoms with Crippen LogP contribution in [0.1, 0.15) is 33.4 Å². The van der Waals surface area contributed by atoms with Gasteiger partial charge < -0.3 is 10.6 Å². The number of rotatable bonds is 6. The summed E-state index contributed by atoms with van der Waals surface area (Å²) in [6.45, 7) is 1.38. The van der Waals surface area contributed by atoms with E-state index in [-0.39, 0.29) is 0 Å². The Morgan fingerprint density at radius 2 is 0.915 bits per heavy atom. The van der Waals surface area contributed by atoms with Gasteiger partial charge in [0.25, 0.3) is 12.4 Å². The highest BCUT2D eigenvalue weighted by atomic mass is 14.8. The van der Waals surface area contributed by atoms with Crippen LogP contribution in [0, 0.1) is 34.0 Å². The third-order valence-electron chi connectivity index (χ3n) is 8.41. The maximum Gasteiger partial charge on any atom is 0.300 e. The Bertz CT molecular complexity index is 2140. The van der Waals surface area contributed by atoms with Gasteiger partial charge in [0.05, 0.1) is 40.5 Å². The predicted molar refractivity (Wildman–Crippen MR) is 187 cm³/mol. The molecular weight excluding hydrogens is 576 g/mol. The van der Waals surface area contributed by atoms with E-state index in [1.54, 1.807) is 6.21 Å². The second kappa shape index (κ2) is 12.6. The first-order valence-electron chi connectivity index (χ1n) is 15.2. The molecule has 0 spiro atoms. The normalized spacial score (nSPS) is 18.8. The van der Waals surface area contributed by atoms with Gasteiger partial charge >= 0.3 is 0 Å². The minimum Gasteiger partial charge on any atom is -0.387 e. The Labute approximate surface area is 273 Å². The number of nitrogens with zero attached hydrogens (tertiary/aromatic N) is 4. The molecule has 3 aromatic rings. The quantitative estimate of drug-likeness (QED) is 0.326. The molecule has 0 bridgehead atoms. The van der Waals surface area contributed by atoms with Crippen LogP contribution >= 0.6 is 0 Å². The Kier molecular flexibility index (Phi) is 7.74. The third kappa shape index (κ3) is 5.59. The Morgan fingerprint density at radius 3 is 1.21 bits per heavy atom. The number of benzene rings is 3. The summed E-state index contributed by atoms with van der Waals surface area (Å²) in [5.41, 5.74) is 14.3. The number of dihydropyridines is 2. The molecular formula is C41H27N6+. The molecule has 3 heterocycles. The van der Waals surface area contributed by atoms with Gasteiger partial charge in [-0.3, -0.25) is 0 Å². The lowest BCUT2D eigenvalue weighted by molar-refractivity contribution is 0.965. The molecule has 0 unspecified atom stereocenters. The molecule has 3 aliphatic heterocycles. The molecule has 4 aliphatic rings. The van der Waals surface area contributed by atoms with Crippen LogP contribution in [-0.4, -0.2) is 25.5 Å². The van der Waals surface area contributed by atoms with Crippen LogP contribution in [0.2, 0.25) is 0 Å². The lowest BCUT2D eigenvalue weighted by Crippen LogP contribution is -2.09. The van der Waals surface area contributed by atoms with Crippen molar-refractivity contribution in [2.45, 2.75) is 0 Å². The van der Waals surface area contributed by atoms with Crippen LogP contribution in [0.3, 0.4) is 0 Å². The van der Waals surface area contributed by atoms with Gasteiger partial charge in [0.1, 0.15) is 0 Å². The molecule has 6 nitrogen and oxygen atoms in total. The largest absolute Gasteiger partial charge is 0.387 e. The molecule has 1 aliphatic carbocycles. The van der Waals surface area contributed by atoms with Crippen LogP contribution in [0.4, 0.5) is 0 Å². The van der Waals surface area contributed by atoms with E-state index in [0.29, 0.717) is 29.8 Å². The summed E-state index contributed by atoms with van der Waals surface area (Å²) in [5.74, 6) is 0. The van der Waals surface area contributed by atoms with Crippen molar-refractivity contribution in [2.75, 3.05) is 13.1 Å². The molecule has 3 aromatic carbocycles. The summed E-state index contributed by atoms with van der Waals surface area (Å²) in [6, 6.07) is 29.9. The summed E-state index contributed by atoms with van der Waals surface area (Å²) in [7, 11) is 0. The molecule has 6 heteroatoms. The first-order chi connectivity index (χ1) is 23.2. The Hall–Kier alpha value is -6.90. The maximum atomic E-state index is 9.57. The molecule has 0 aromatic heterocycles.